The molecule has 1 amide bonds. The number of carbonyl (C=O) groups is 1. The highest BCUT2D eigenvalue weighted by Gasteiger charge is 2.18. The Hall–Kier alpha value is -2.62. The van der Waals surface area contributed by atoms with Crippen molar-refractivity contribution in [3.8, 4) is 11.3 Å². The molecule has 9 heteroatoms. The van der Waals surface area contributed by atoms with E-state index in [1.807, 2.05) is 6.92 Å². The van der Waals surface area contributed by atoms with E-state index in [1.165, 1.54) is 47.7 Å². The summed E-state index contributed by atoms with van der Waals surface area (Å²) in [6.45, 7) is 5.30. The van der Waals surface area contributed by atoms with Gasteiger partial charge in [-0.25, -0.2) is 22.5 Å². The molecular formula is C20H20FN3O3S2. The molecule has 1 aromatic heterocycles. The topological polar surface area (TPSA) is 88.2 Å². The van der Waals surface area contributed by atoms with Gasteiger partial charge >= 0.3 is 0 Å². The first kappa shape index (κ1) is 21.1. The lowest BCUT2D eigenvalue weighted by atomic mass is 10.1. The number of benzene rings is 2. The van der Waals surface area contributed by atoms with Crippen LogP contribution in [0.1, 0.15) is 29.1 Å². The third kappa shape index (κ3) is 5.06. The number of hydrogen-bond donors (Lipinski definition) is 2. The molecular weight excluding hydrogens is 413 g/mol. The Balaban J connectivity index is 1.82. The predicted molar refractivity (Wildman–Crippen MR) is 112 cm³/mol. The number of halogens is 1. The fourth-order valence-electron chi connectivity index (χ4n) is 2.68. The third-order valence-corrected chi connectivity index (χ3v) is 6.47. The second-order valence-corrected chi connectivity index (χ2v) is 9.61. The molecule has 0 radical (unpaired) electrons. The van der Waals surface area contributed by atoms with Crippen molar-refractivity contribution in [1.29, 1.82) is 0 Å². The van der Waals surface area contributed by atoms with Crippen LogP contribution in [0.15, 0.2) is 53.4 Å². The molecule has 3 rings (SSSR count). The number of rotatable bonds is 6. The number of hydrogen-bond acceptors (Lipinski definition) is 5. The zero-order chi connectivity index (χ0) is 21.2. The second kappa shape index (κ2) is 8.40. The largest absolute Gasteiger partial charge is 0.298 e. The minimum atomic E-state index is -3.70. The predicted octanol–water partition coefficient (Wildman–Crippen LogP) is 4.20. The lowest BCUT2D eigenvalue weighted by molar-refractivity contribution is 0.102. The summed E-state index contributed by atoms with van der Waals surface area (Å²) in [6.07, 6.45) is 0. The Labute approximate surface area is 172 Å². The lowest BCUT2D eigenvalue weighted by Gasteiger charge is -2.10. The van der Waals surface area contributed by atoms with Crippen molar-refractivity contribution in [3.05, 3.63) is 64.8 Å². The highest BCUT2D eigenvalue weighted by atomic mass is 32.2. The lowest BCUT2D eigenvalue weighted by Crippen LogP contribution is -2.30. The molecule has 0 atom stereocenters. The van der Waals surface area contributed by atoms with Gasteiger partial charge in [0, 0.05) is 22.0 Å². The number of aromatic nitrogens is 1. The molecule has 0 fully saturated rings. The molecule has 0 bridgehead atoms. The maximum Gasteiger partial charge on any atom is 0.257 e. The number of nitrogens with one attached hydrogen (secondary N) is 2. The van der Waals surface area contributed by atoms with Gasteiger partial charge in [0.25, 0.3) is 5.91 Å². The monoisotopic (exact) mass is 433 g/mol. The maximum atomic E-state index is 13.1. The average molecular weight is 434 g/mol. The number of aryl methyl sites for hydroxylation is 1. The van der Waals surface area contributed by atoms with E-state index in [4.69, 9.17) is 0 Å². The molecule has 3 aromatic rings. The molecule has 152 valence electrons. The molecule has 0 aliphatic rings. The Morgan fingerprint density at radius 1 is 1.14 bits per heavy atom. The Kier molecular flexibility index (Phi) is 6.11. The zero-order valence-corrected chi connectivity index (χ0v) is 17.7. The Morgan fingerprint density at radius 2 is 1.83 bits per heavy atom. The van der Waals surface area contributed by atoms with Gasteiger partial charge in [0.2, 0.25) is 10.0 Å². The molecule has 0 spiro atoms. The van der Waals surface area contributed by atoms with Crippen LogP contribution in [0.2, 0.25) is 0 Å². The zero-order valence-electron chi connectivity index (χ0n) is 16.1. The fraction of sp³-hybridized carbons (Fsp3) is 0.200. The molecule has 0 unspecified atom stereocenters. The standard InChI is InChI=1S/C20H20FN3O3S2/c1-12(2)24-29(26,27)17-6-4-5-15(11-17)19(25)23-20-22-18(13(3)28-20)14-7-9-16(21)10-8-14/h4-12,24H,1-3H3,(H,22,23,25). The second-order valence-electron chi connectivity index (χ2n) is 6.69. The van der Waals surface area contributed by atoms with Crippen molar-refractivity contribution < 1.29 is 17.6 Å². The molecule has 2 N–H and O–H groups in total. The SMILES string of the molecule is Cc1sc(NC(=O)c2cccc(S(=O)(=O)NC(C)C)c2)nc1-c1ccc(F)cc1. The maximum absolute atomic E-state index is 13.1. The molecule has 6 nitrogen and oxygen atoms in total. The molecule has 0 aliphatic heterocycles. The minimum Gasteiger partial charge on any atom is -0.298 e. The first-order valence-electron chi connectivity index (χ1n) is 8.83. The van der Waals surface area contributed by atoms with E-state index in [1.54, 1.807) is 26.0 Å². The fourth-order valence-corrected chi connectivity index (χ4v) is 4.80. The van der Waals surface area contributed by atoms with Gasteiger partial charge in [0.1, 0.15) is 5.82 Å². The van der Waals surface area contributed by atoms with Crippen LogP contribution in [-0.4, -0.2) is 25.4 Å². The molecule has 0 saturated carbocycles. The summed E-state index contributed by atoms with van der Waals surface area (Å²) in [5, 5.41) is 3.07. The van der Waals surface area contributed by atoms with Crippen LogP contribution >= 0.6 is 11.3 Å². The molecule has 0 saturated heterocycles. The van der Waals surface area contributed by atoms with E-state index < -0.39 is 15.9 Å². The van der Waals surface area contributed by atoms with Gasteiger partial charge in [0.05, 0.1) is 10.6 Å². The summed E-state index contributed by atoms with van der Waals surface area (Å²) < 4.78 is 40.3. The van der Waals surface area contributed by atoms with Crippen LogP contribution in [0.4, 0.5) is 9.52 Å². The van der Waals surface area contributed by atoms with Gasteiger partial charge in [-0.05, 0) is 63.2 Å². The van der Waals surface area contributed by atoms with E-state index in [-0.39, 0.29) is 22.3 Å². The van der Waals surface area contributed by atoms with Crippen LogP contribution in [0.25, 0.3) is 11.3 Å². The average Bonchev–Trinajstić information content (AvgIpc) is 3.01. The highest BCUT2D eigenvalue weighted by molar-refractivity contribution is 7.89. The smallest absolute Gasteiger partial charge is 0.257 e. The summed E-state index contributed by atoms with van der Waals surface area (Å²) in [4.78, 5) is 17.9. The molecule has 0 aliphatic carbocycles. The van der Waals surface area contributed by atoms with Crippen LogP contribution in [0, 0.1) is 12.7 Å². The van der Waals surface area contributed by atoms with Gasteiger partial charge in [-0.1, -0.05) is 6.07 Å². The first-order valence-corrected chi connectivity index (χ1v) is 11.1. The van der Waals surface area contributed by atoms with Gasteiger partial charge in [-0.3, -0.25) is 10.1 Å². The first-order chi connectivity index (χ1) is 13.7. The molecule has 29 heavy (non-hydrogen) atoms. The van der Waals surface area contributed by atoms with Crippen LogP contribution in [0.3, 0.4) is 0 Å². The number of sulfonamides is 1. The summed E-state index contributed by atoms with van der Waals surface area (Å²) >= 11 is 1.29. The van der Waals surface area contributed by atoms with E-state index >= 15 is 0 Å². The number of carbonyl (C=O) groups excluding carboxylic acids is 1. The van der Waals surface area contributed by atoms with Crippen molar-refractivity contribution in [2.45, 2.75) is 31.7 Å². The Bertz CT molecular complexity index is 1140. The highest BCUT2D eigenvalue weighted by Crippen LogP contribution is 2.30. The normalized spacial score (nSPS) is 11.6. The van der Waals surface area contributed by atoms with Crippen LogP contribution in [-0.2, 0) is 10.0 Å². The summed E-state index contributed by atoms with van der Waals surface area (Å²) in [6, 6.07) is 11.5. The van der Waals surface area contributed by atoms with E-state index in [9.17, 15) is 17.6 Å². The number of nitrogens with zero attached hydrogens (tertiary/aromatic N) is 1. The molecule has 2 aromatic carbocycles. The third-order valence-electron chi connectivity index (χ3n) is 3.93. The number of anilines is 1. The minimum absolute atomic E-state index is 0.0150. The van der Waals surface area contributed by atoms with E-state index in [2.05, 4.69) is 15.0 Å². The van der Waals surface area contributed by atoms with Crippen LogP contribution in [0.5, 0.6) is 0 Å². The van der Waals surface area contributed by atoms with Gasteiger partial charge in [0.15, 0.2) is 5.13 Å². The van der Waals surface area contributed by atoms with Crippen molar-refractivity contribution >= 4 is 32.4 Å². The summed E-state index contributed by atoms with van der Waals surface area (Å²) in [5.41, 5.74) is 1.60. The van der Waals surface area contributed by atoms with Crippen molar-refractivity contribution in [3.63, 3.8) is 0 Å². The summed E-state index contributed by atoms with van der Waals surface area (Å²) in [7, 11) is -3.70. The number of thiazole rings is 1. The Morgan fingerprint density at radius 3 is 2.48 bits per heavy atom. The van der Waals surface area contributed by atoms with Gasteiger partial charge < -0.3 is 0 Å². The van der Waals surface area contributed by atoms with E-state index in [0.717, 1.165) is 10.4 Å². The van der Waals surface area contributed by atoms with Crippen molar-refractivity contribution in [1.82, 2.24) is 9.71 Å². The molecule has 1 heterocycles. The van der Waals surface area contributed by atoms with E-state index in [0.29, 0.717) is 10.8 Å². The number of amides is 1. The quantitative estimate of drug-likeness (QED) is 0.610. The van der Waals surface area contributed by atoms with Gasteiger partial charge in [-0.2, -0.15) is 0 Å². The van der Waals surface area contributed by atoms with Crippen LogP contribution < -0.4 is 10.0 Å². The van der Waals surface area contributed by atoms with Gasteiger partial charge in [-0.15, -0.1) is 11.3 Å². The summed E-state index contributed by atoms with van der Waals surface area (Å²) in [5.74, 6) is -0.803. The van der Waals surface area contributed by atoms with Crippen molar-refractivity contribution in [2.24, 2.45) is 0 Å². The van der Waals surface area contributed by atoms with Crippen molar-refractivity contribution in [2.75, 3.05) is 5.32 Å².